The highest BCUT2D eigenvalue weighted by Crippen LogP contribution is 2.31. The van der Waals surface area contributed by atoms with E-state index in [1.54, 1.807) is 19.2 Å². The lowest BCUT2D eigenvalue weighted by Crippen LogP contribution is -2.22. The Kier molecular flexibility index (Phi) is 7.17. The van der Waals surface area contributed by atoms with E-state index in [1.165, 1.54) is 11.8 Å². The molecule has 0 atom stereocenters. The Balaban J connectivity index is 2.02. The highest BCUT2D eigenvalue weighted by Gasteiger charge is 2.11. The zero-order valence-electron chi connectivity index (χ0n) is 14.5. The quantitative estimate of drug-likeness (QED) is 0.598. The zero-order valence-corrected chi connectivity index (χ0v) is 16.0. The van der Waals surface area contributed by atoms with Crippen LogP contribution in [0.15, 0.2) is 41.3 Å². The van der Waals surface area contributed by atoms with Crippen molar-refractivity contribution in [3.05, 3.63) is 47.0 Å². The molecule has 0 spiro atoms. The summed E-state index contributed by atoms with van der Waals surface area (Å²) in [6, 6.07) is 10.8. The third-order valence-corrected chi connectivity index (χ3v) is 4.95. The van der Waals surface area contributed by atoms with E-state index in [9.17, 15) is 9.59 Å². The number of carbonyl (C=O) groups excluding carboxylic acids is 2. The van der Waals surface area contributed by atoms with Crippen LogP contribution in [0.25, 0.3) is 0 Å². The van der Waals surface area contributed by atoms with Crippen LogP contribution in [-0.4, -0.2) is 31.2 Å². The van der Waals surface area contributed by atoms with Gasteiger partial charge in [-0.15, -0.1) is 11.8 Å². The molecule has 6 nitrogen and oxygen atoms in total. The van der Waals surface area contributed by atoms with Crippen molar-refractivity contribution < 1.29 is 14.3 Å². The number of amides is 2. The maximum Gasteiger partial charge on any atom is 0.243 e. The van der Waals surface area contributed by atoms with Crippen LogP contribution >= 0.6 is 23.4 Å². The number of methoxy groups -OCH3 is 1. The first-order chi connectivity index (χ1) is 12.4. The smallest absolute Gasteiger partial charge is 0.243 e. The number of hydrogen-bond acceptors (Lipinski definition) is 5. The molecule has 0 aliphatic rings. The molecule has 0 fully saturated rings. The Bertz CT molecular complexity index is 814. The number of rotatable bonds is 8. The second-order valence-electron chi connectivity index (χ2n) is 5.45. The van der Waals surface area contributed by atoms with Crippen LogP contribution in [0.2, 0.25) is 5.02 Å². The maximum absolute atomic E-state index is 12.3. The Morgan fingerprint density at radius 1 is 1.23 bits per heavy atom. The lowest BCUT2D eigenvalue weighted by Gasteiger charge is -2.14. The van der Waals surface area contributed by atoms with E-state index in [-0.39, 0.29) is 18.2 Å². The molecular weight excluding hydrogens is 374 g/mol. The van der Waals surface area contributed by atoms with Gasteiger partial charge >= 0.3 is 0 Å². The van der Waals surface area contributed by atoms with Crippen LogP contribution < -0.4 is 21.1 Å². The van der Waals surface area contributed by atoms with E-state index in [4.69, 9.17) is 22.1 Å². The topological polar surface area (TPSA) is 93.4 Å². The largest absolute Gasteiger partial charge is 0.495 e. The lowest BCUT2D eigenvalue weighted by atomic mass is 10.2. The molecule has 0 aliphatic heterocycles. The highest BCUT2D eigenvalue weighted by molar-refractivity contribution is 8.00. The van der Waals surface area contributed by atoms with Crippen LogP contribution in [0.4, 0.5) is 11.4 Å². The first-order valence-electron chi connectivity index (χ1n) is 7.78. The average Bonchev–Trinajstić information content (AvgIpc) is 2.61. The summed E-state index contributed by atoms with van der Waals surface area (Å²) in [5.74, 6) is 0.0624. The van der Waals surface area contributed by atoms with Crippen molar-refractivity contribution in [1.29, 1.82) is 0 Å². The molecule has 0 unspecified atom stereocenters. The summed E-state index contributed by atoms with van der Waals surface area (Å²) in [4.78, 5) is 24.0. The third kappa shape index (κ3) is 5.57. The molecule has 0 saturated carbocycles. The van der Waals surface area contributed by atoms with E-state index < -0.39 is 5.91 Å². The monoisotopic (exact) mass is 393 g/mol. The number of ether oxygens (including phenoxy) is 1. The van der Waals surface area contributed by atoms with E-state index in [1.807, 2.05) is 31.2 Å². The predicted molar refractivity (Wildman–Crippen MR) is 106 cm³/mol. The molecular formula is C18H20ClN3O3S. The zero-order chi connectivity index (χ0) is 19.1. The first-order valence-corrected chi connectivity index (χ1v) is 9.15. The van der Waals surface area contributed by atoms with Gasteiger partial charge in [-0.05, 0) is 30.7 Å². The molecule has 2 aromatic rings. The van der Waals surface area contributed by atoms with Crippen molar-refractivity contribution in [3.8, 4) is 5.75 Å². The molecule has 26 heavy (non-hydrogen) atoms. The molecule has 0 radical (unpaired) electrons. The summed E-state index contributed by atoms with van der Waals surface area (Å²) in [7, 11) is 1.54. The predicted octanol–water partition coefficient (Wildman–Crippen LogP) is 3.29. The minimum Gasteiger partial charge on any atom is -0.495 e. The van der Waals surface area contributed by atoms with Crippen LogP contribution in [0.1, 0.15) is 5.56 Å². The molecule has 8 heteroatoms. The Morgan fingerprint density at radius 2 is 1.96 bits per heavy atom. The second kappa shape index (κ2) is 9.35. The number of primary amides is 1. The van der Waals surface area contributed by atoms with Crippen molar-refractivity contribution in [3.63, 3.8) is 0 Å². The fraction of sp³-hybridized carbons (Fsp3) is 0.222. The number of carbonyl (C=O) groups is 2. The van der Waals surface area contributed by atoms with E-state index in [2.05, 4.69) is 10.6 Å². The Labute approximate surface area is 161 Å². The van der Waals surface area contributed by atoms with Crippen molar-refractivity contribution in [2.75, 3.05) is 30.0 Å². The highest BCUT2D eigenvalue weighted by atomic mass is 35.5. The molecule has 0 heterocycles. The number of hydrogen-bond donors (Lipinski definition) is 3. The second-order valence-corrected chi connectivity index (χ2v) is 6.88. The molecule has 2 rings (SSSR count). The summed E-state index contributed by atoms with van der Waals surface area (Å²) in [5.41, 5.74) is 7.36. The molecule has 0 bridgehead atoms. The molecule has 0 aromatic heterocycles. The number of nitrogens with two attached hydrogens (primary N) is 1. The molecule has 0 aliphatic carbocycles. The first kappa shape index (κ1) is 19.9. The van der Waals surface area contributed by atoms with E-state index >= 15 is 0 Å². The Morgan fingerprint density at radius 3 is 2.65 bits per heavy atom. The van der Waals surface area contributed by atoms with Gasteiger partial charge < -0.3 is 21.1 Å². The number of thioether (sulfide) groups is 1. The van der Waals surface area contributed by atoms with Gasteiger partial charge in [-0.3, -0.25) is 9.59 Å². The van der Waals surface area contributed by atoms with Gasteiger partial charge in [0.15, 0.2) is 0 Å². The van der Waals surface area contributed by atoms with Crippen LogP contribution in [0, 0.1) is 6.92 Å². The van der Waals surface area contributed by atoms with Crippen molar-refractivity contribution >= 4 is 46.6 Å². The van der Waals surface area contributed by atoms with E-state index in [0.29, 0.717) is 22.1 Å². The van der Waals surface area contributed by atoms with Gasteiger partial charge in [0.25, 0.3) is 0 Å². The van der Waals surface area contributed by atoms with Crippen molar-refractivity contribution in [1.82, 2.24) is 0 Å². The summed E-state index contributed by atoms with van der Waals surface area (Å²) in [6.07, 6.45) is 0. The number of nitrogens with one attached hydrogen (secondary N) is 2. The van der Waals surface area contributed by atoms with Gasteiger partial charge in [0.1, 0.15) is 5.75 Å². The minimum atomic E-state index is -0.414. The molecule has 4 N–H and O–H groups in total. The molecule has 138 valence electrons. The lowest BCUT2D eigenvalue weighted by molar-refractivity contribution is -0.116. The van der Waals surface area contributed by atoms with Gasteiger partial charge in [-0.1, -0.05) is 23.7 Å². The fourth-order valence-corrected chi connectivity index (χ4v) is 3.09. The molecule has 0 saturated heterocycles. The summed E-state index contributed by atoms with van der Waals surface area (Å²) in [5, 5.41) is 6.47. The number of halogens is 1. The van der Waals surface area contributed by atoms with Crippen LogP contribution in [0.5, 0.6) is 5.75 Å². The van der Waals surface area contributed by atoms with Gasteiger partial charge in [0, 0.05) is 16.0 Å². The standard InChI is InChI=1S/C18H20ClN3O3S/c1-11-7-14(15(25-2)8-12(11)19)21-9-18(24)22-13-5-3-4-6-16(13)26-10-17(20)23/h3-8,21H,9-10H2,1-2H3,(H2,20,23)(H,22,24). The van der Waals surface area contributed by atoms with Gasteiger partial charge in [0.2, 0.25) is 11.8 Å². The summed E-state index contributed by atoms with van der Waals surface area (Å²) >= 11 is 7.36. The van der Waals surface area contributed by atoms with Gasteiger partial charge in [0.05, 0.1) is 30.8 Å². The van der Waals surface area contributed by atoms with Gasteiger partial charge in [-0.2, -0.15) is 0 Å². The Hall–Kier alpha value is -2.38. The summed E-state index contributed by atoms with van der Waals surface area (Å²) in [6.45, 7) is 1.92. The number of benzene rings is 2. The number of para-hydroxylation sites is 1. The fourth-order valence-electron chi connectivity index (χ4n) is 2.18. The van der Waals surface area contributed by atoms with Crippen molar-refractivity contribution in [2.45, 2.75) is 11.8 Å². The number of anilines is 2. The minimum absolute atomic E-state index is 0.0479. The number of aryl methyl sites for hydroxylation is 1. The molecule has 2 aromatic carbocycles. The van der Waals surface area contributed by atoms with Crippen LogP contribution in [0.3, 0.4) is 0 Å². The normalized spacial score (nSPS) is 10.3. The third-order valence-electron chi connectivity index (χ3n) is 3.45. The van der Waals surface area contributed by atoms with Gasteiger partial charge in [-0.25, -0.2) is 0 Å². The van der Waals surface area contributed by atoms with Crippen molar-refractivity contribution in [2.24, 2.45) is 5.73 Å². The average molecular weight is 394 g/mol. The van der Waals surface area contributed by atoms with E-state index in [0.717, 1.165) is 10.5 Å². The maximum atomic E-state index is 12.3. The van der Waals surface area contributed by atoms with Crippen LogP contribution in [-0.2, 0) is 9.59 Å². The SMILES string of the molecule is COc1cc(Cl)c(C)cc1NCC(=O)Nc1ccccc1SCC(N)=O. The summed E-state index contributed by atoms with van der Waals surface area (Å²) < 4.78 is 5.28. The molecule has 2 amide bonds.